The molecule has 2 N–H and O–H groups in total. The number of rotatable bonds is 6. The van der Waals surface area contributed by atoms with E-state index in [1.54, 1.807) is 6.20 Å². The average molecular weight is 483 g/mol. The standard InChI is InChI=1S/C27H30N8O/c1-17(34-11-13-35(14-12-34)26(36)19-3-4-19)20-7-9-29-25(16-20)33-27-31-23-6-5-21(15-24(23)32-27)22-8-10-28-18(2)30-22/h5-10,15-17,19H,3-4,11-14H2,1-2H3,(H2,29,31,32,33)/t17-/m0/s1. The number of nitrogens with one attached hydrogen (secondary N) is 2. The Hall–Kier alpha value is -3.85. The summed E-state index contributed by atoms with van der Waals surface area (Å²) in [6.07, 6.45) is 5.74. The largest absolute Gasteiger partial charge is 0.340 e. The second kappa shape index (κ2) is 9.31. The van der Waals surface area contributed by atoms with Gasteiger partial charge in [-0.2, -0.15) is 0 Å². The van der Waals surface area contributed by atoms with Crippen molar-refractivity contribution >= 4 is 28.7 Å². The number of piperazine rings is 1. The number of benzene rings is 1. The molecule has 1 atom stereocenters. The van der Waals surface area contributed by atoms with Gasteiger partial charge in [0.05, 0.1) is 16.7 Å². The third-order valence-electron chi connectivity index (χ3n) is 7.17. The predicted molar refractivity (Wildman–Crippen MR) is 139 cm³/mol. The Morgan fingerprint density at radius 3 is 2.61 bits per heavy atom. The van der Waals surface area contributed by atoms with Crippen LogP contribution in [0.4, 0.5) is 11.8 Å². The summed E-state index contributed by atoms with van der Waals surface area (Å²) >= 11 is 0. The summed E-state index contributed by atoms with van der Waals surface area (Å²) in [5.74, 6) is 2.78. The summed E-state index contributed by atoms with van der Waals surface area (Å²) in [4.78, 5) is 38.1. The number of hydrogen-bond acceptors (Lipinski definition) is 7. The van der Waals surface area contributed by atoms with Gasteiger partial charge in [0.15, 0.2) is 0 Å². The number of aromatic nitrogens is 5. The molecule has 0 radical (unpaired) electrons. The molecule has 6 rings (SSSR count). The monoisotopic (exact) mass is 482 g/mol. The van der Waals surface area contributed by atoms with E-state index in [1.807, 2.05) is 36.2 Å². The molecule has 184 valence electrons. The maximum Gasteiger partial charge on any atom is 0.225 e. The summed E-state index contributed by atoms with van der Waals surface area (Å²) in [6, 6.07) is 12.3. The third kappa shape index (κ3) is 4.66. The highest BCUT2D eigenvalue weighted by molar-refractivity contribution is 5.83. The normalized spacial score (nSPS) is 17.3. The second-order valence-electron chi connectivity index (χ2n) is 9.72. The number of imidazole rings is 1. The second-order valence-corrected chi connectivity index (χ2v) is 9.72. The van der Waals surface area contributed by atoms with Crippen LogP contribution in [0.25, 0.3) is 22.3 Å². The Morgan fingerprint density at radius 2 is 1.83 bits per heavy atom. The van der Waals surface area contributed by atoms with Crippen molar-refractivity contribution < 1.29 is 4.79 Å². The van der Waals surface area contributed by atoms with Crippen LogP contribution in [-0.2, 0) is 4.79 Å². The highest BCUT2D eigenvalue weighted by Gasteiger charge is 2.35. The maximum atomic E-state index is 12.4. The zero-order chi connectivity index (χ0) is 24.6. The number of nitrogens with zero attached hydrogens (tertiary/aromatic N) is 6. The minimum absolute atomic E-state index is 0.237. The molecule has 1 aliphatic carbocycles. The summed E-state index contributed by atoms with van der Waals surface area (Å²) in [5, 5.41) is 3.33. The molecule has 0 unspecified atom stereocenters. The third-order valence-corrected chi connectivity index (χ3v) is 7.17. The van der Waals surface area contributed by atoms with Crippen LogP contribution in [0.15, 0.2) is 48.8 Å². The molecule has 0 bridgehead atoms. The molecule has 3 aromatic heterocycles. The van der Waals surface area contributed by atoms with Gasteiger partial charge in [-0.05, 0) is 62.6 Å². The van der Waals surface area contributed by atoms with Crippen molar-refractivity contribution in [1.82, 2.24) is 34.7 Å². The van der Waals surface area contributed by atoms with Crippen molar-refractivity contribution in [3.05, 3.63) is 60.2 Å². The lowest BCUT2D eigenvalue weighted by Gasteiger charge is -2.38. The molecule has 9 heteroatoms. The Balaban J connectivity index is 1.14. The topological polar surface area (TPSA) is 103 Å². The Bertz CT molecular complexity index is 1400. The average Bonchev–Trinajstić information content (AvgIpc) is 3.68. The van der Waals surface area contributed by atoms with Crippen LogP contribution in [0.5, 0.6) is 0 Å². The van der Waals surface area contributed by atoms with Gasteiger partial charge in [-0.1, -0.05) is 6.07 Å². The van der Waals surface area contributed by atoms with Crippen LogP contribution >= 0.6 is 0 Å². The van der Waals surface area contributed by atoms with Crippen molar-refractivity contribution in [1.29, 1.82) is 0 Å². The molecule has 4 aromatic rings. The van der Waals surface area contributed by atoms with Crippen molar-refractivity contribution in [2.24, 2.45) is 5.92 Å². The maximum absolute atomic E-state index is 12.4. The van der Waals surface area contributed by atoms with E-state index in [4.69, 9.17) is 0 Å². The van der Waals surface area contributed by atoms with E-state index in [1.165, 1.54) is 5.56 Å². The number of anilines is 2. The van der Waals surface area contributed by atoms with Crippen molar-refractivity contribution in [3.8, 4) is 11.3 Å². The van der Waals surface area contributed by atoms with E-state index in [2.05, 4.69) is 60.3 Å². The van der Waals surface area contributed by atoms with Gasteiger partial charge in [0, 0.05) is 56.1 Å². The molecule has 4 heterocycles. The van der Waals surface area contributed by atoms with Crippen LogP contribution < -0.4 is 5.32 Å². The molecule has 1 amide bonds. The molecule has 1 aromatic carbocycles. The van der Waals surface area contributed by atoms with Crippen molar-refractivity contribution in [3.63, 3.8) is 0 Å². The van der Waals surface area contributed by atoms with E-state index in [0.29, 0.717) is 17.8 Å². The van der Waals surface area contributed by atoms with Crippen LogP contribution in [0.1, 0.15) is 37.2 Å². The van der Waals surface area contributed by atoms with Gasteiger partial charge < -0.3 is 15.2 Å². The Kier molecular flexibility index (Phi) is 5.85. The molecule has 9 nitrogen and oxygen atoms in total. The first kappa shape index (κ1) is 22.6. The number of carbonyl (C=O) groups excluding carboxylic acids is 1. The molecule has 1 saturated carbocycles. The van der Waals surface area contributed by atoms with Crippen LogP contribution in [0, 0.1) is 12.8 Å². The molecule has 36 heavy (non-hydrogen) atoms. The quantitative estimate of drug-likeness (QED) is 0.427. The minimum atomic E-state index is 0.237. The fourth-order valence-corrected chi connectivity index (χ4v) is 4.87. The van der Waals surface area contributed by atoms with E-state index < -0.39 is 0 Å². The smallest absolute Gasteiger partial charge is 0.225 e. The van der Waals surface area contributed by atoms with Gasteiger partial charge in [-0.15, -0.1) is 0 Å². The first-order chi connectivity index (χ1) is 17.5. The van der Waals surface area contributed by atoms with Gasteiger partial charge in [-0.3, -0.25) is 9.69 Å². The molecule has 1 aliphatic heterocycles. The van der Waals surface area contributed by atoms with Gasteiger partial charge >= 0.3 is 0 Å². The molecule has 2 fully saturated rings. The highest BCUT2D eigenvalue weighted by atomic mass is 16.2. The molecule has 2 aliphatic rings. The molecular formula is C27H30N8O. The fraction of sp³-hybridized carbons (Fsp3) is 0.370. The number of aryl methyl sites for hydroxylation is 1. The molecule has 0 spiro atoms. The van der Waals surface area contributed by atoms with E-state index in [-0.39, 0.29) is 6.04 Å². The number of carbonyl (C=O) groups is 1. The lowest BCUT2D eigenvalue weighted by Crippen LogP contribution is -2.49. The number of aromatic amines is 1. The zero-order valence-corrected chi connectivity index (χ0v) is 20.6. The first-order valence-corrected chi connectivity index (χ1v) is 12.6. The number of hydrogen-bond donors (Lipinski definition) is 2. The first-order valence-electron chi connectivity index (χ1n) is 12.6. The number of pyridine rings is 1. The summed E-state index contributed by atoms with van der Waals surface area (Å²) < 4.78 is 0. The lowest BCUT2D eigenvalue weighted by atomic mass is 10.1. The number of H-pyrrole nitrogens is 1. The van der Waals surface area contributed by atoms with Crippen LogP contribution in [0.3, 0.4) is 0 Å². The van der Waals surface area contributed by atoms with Crippen LogP contribution in [-0.4, -0.2) is 66.8 Å². The number of amides is 1. The summed E-state index contributed by atoms with van der Waals surface area (Å²) in [6.45, 7) is 7.51. The van der Waals surface area contributed by atoms with E-state index in [9.17, 15) is 4.79 Å². The molecule has 1 saturated heterocycles. The summed E-state index contributed by atoms with van der Waals surface area (Å²) in [7, 11) is 0. The van der Waals surface area contributed by atoms with E-state index >= 15 is 0 Å². The lowest BCUT2D eigenvalue weighted by molar-refractivity contribution is -0.134. The highest BCUT2D eigenvalue weighted by Crippen LogP contribution is 2.32. The zero-order valence-electron chi connectivity index (χ0n) is 20.6. The predicted octanol–water partition coefficient (Wildman–Crippen LogP) is 4.08. The van der Waals surface area contributed by atoms with Gasteiger partial charge in [0.2, 0.25) is 11.9 Å². The Morgan fingerprint density at radius 1 is 1.03 bits per heavy atom. The van der Waals surface area contributed by atoms with Gasteiger partial charge in [0.25, 0.3) is 0 Å². The van der Waals surface area contributed by atoms with Crippen LogP contribution in [0.2, 0.25) is 0 Å². The summed E-state index contributed by atoms with van der Waals surface area (Å²) in [5.41, 5.74) is 4.88. The molecular weight excluding hydrogens is 452 g/mol. The Labute approximate surface area is 210 Å². The SMILES string of the molecule is Cc1nccc(-c2ccc3nc(Nc4cc([C@H](C)N5CCN(C(=O)C6CC6)CC5)ccn4)[nH]c3c2)n1. The minimum Gasteiger partial charge on any atom is -0.340 e. The fourth-order valence-electron chi connectivity index (χ4n) is 4.87. The van der Waals surface area contributed by atoms with Gasteiger partial charge in [-0.25, -0.2) is 19.9 Å². The van der Waals surface area contributed by atoms with Crippen molar-refractivity contribution in [2.45, 2.75) is 32.7 Å². The number of fused-ring (bicyclic) bond motifs is 1. The van der Waals surface area contributed by atoms with E-state index in [0.717, 1.165) is 73.0 Å². The van der Waals surface area contributed by atoms with Crippen molar-refractivity contribution in [2.75, 3.05) is 31.5 Å². The van der Waals surface area contributed by atoms with Gasteiger partial charge in [0.1, 0.15) is 11.6 Å².